The minimum absolute atomic E-state index is 0.306. The minimum atomic E-state index is 0.306. The molecule has 0 aliphatic heterocycles. The van der Waals surface area contributed by atoms with E-state index < -0.39 is 0 Å². The van der Waals surface area contributed by atoms with E-state index >= 15 is 0 Å². The zero-order valence-corrected chi connectivity index (χ0v) is 12.0. The average molecular weight is 245 g/mol. The summed E-state index contributed by atoms with van der Waals surface area (Å²) in [6.45, 7) is 7.11. The number of nitrogens with two attached hydrogens (primary N) is 1. The second kappa shape index (κ2) is 5.44. The van der Waals surface area contributed by atoms with Gasteiger partial charge in [0.2, 0.25) is 0 Å². The molecule has 0 radical (unpaired) electrons. The molecule has 0 spiro atoms. The molecule has 18 heavy (non-hydrogen) atoms. The fraction of sp³-hybridized carbons (Fsp3) is 0.647. The SMILES string of the molecule is CC1CCC(C(C)(C)Cc2ccccc2)C(N)C1. The van der Waals surface area contributed by atoms with E-state index in [0.29, 0.717) is 17.4 Å². The molecule has 2 rings (SSSR count). The average Bonchev–Trinajstić information content (AvgIpc) is 2.29. The summed E-state index contributed by atoms with van der Waals surface area (Å²) in [7, 11) is 0. The Morgan fingerprint density at radius 2 is 1.83 bits per heavy atom. The van der Waals surface area contributed by atoms with Gasteiger partial charge in [0, 0.05) is 6.04 Å². The third-order valence-corrected chi connectivity index (χ3v) is 4.67. The third kappa shape index (κ3) is 3.14. The van der Waals surface area contributed by atoms with Crippen LogP contribution in [0, 0.1) is 17.3 Å². The normalized spacial score (nSPS) is 29.2. The molecule has 100 valence electrons. The zero-order chi connectivity index (χ0) is 13.2. The van der Waals surface area contributed by atoms with E-state index in [1.807, 2.05) is 0 Å². The molecule has 1 saturated carbocycles. The number of hydrogen-bond donors (Lipinski definition) is 1. The maximum atomic E-state index is 6.41. The van der Waals surface area contributed by atoms with Crippen LogP contribution in [0.5, 0.6) is 0 Å². The van der Waals surface area contributed by atoms with E-state index in [1.54, 1.807) is 0 Å². The second-order valence-corrected chi connectivity index (χ2v) is 6.84. The summed E-state index contributed by atoms with van der Waals surface area (Å²) in [5.41, 5.74) is 8.15. The maximum absolute atomic E-state index is 6.41. The first-order valence-corrected chi connectivity index (χ1v) is 7.28. The smallest absolute Gasteiger partial charge is 0.00749 e. The Labute approximate surface area is 112 Å². The fourth-order valence-electron chi connectivity index (χ4n) is 3.65. The van der Waals surface area contributed by atoms with Crippen LogP contribution in [0.4, 0.5) is 0 Å². The molecule has 2 N–H and O–H groups in total. The Kier molecular flexibility index (Phi) is 4.11. The molecule has 1 aliphatic carbocycles. The molecule has 1 aliphatic rings. The zero-order valence-electron chi connectivity index (χ0n) is 12.0. The van der Waals surface area contributed by atoms with Crippen molar-refractivity contribution in [2.75, 3.05) is 0 Å². The van der Waals surface area contributed by atoms with E-state index in [9.17, 15) is 0 Å². The Morgan fingerprint density at radius 1 is 1.17 bits per heavy atom. The minimum Gasteiger partial charge on any atom is -0.327 e. The van der Waals surface area contributed by atoms with Crippen molar-refractivity contribution in [3.05, 3.63) is 35.9 Å². The van der Waals surface area contributed by atoms with Crippen LogP contribution in [0.2, 0.25) is 0 Å². The molecule has 0 amide bonds. The van der Waals surface area contributed by atoms with Gasteiger partial charge in [0.05, 0.1) is 0 Å². The first kappa shape index (κ1) is 13.6. The lowest BCUT2D eigenvalue weighted by Gasteiger charge is -2.43. The van der Waals surface area contributed by atoms with Crippen molar-refractivity contribution in [1.29, 1.82) is 0 Å². The lowest BCUT2D eigenvalue weighted by molar-refractivity contribution is 0.113. The predicted octanol–water partition coefficient (Wildman–Crippen LogP) is 4.02. The molecule has 1 aromatic rings. The molecule has 0 heterocycles. The lowest BCUT2D eigenvalue weighted by Crippen LogP contribution is -2.44. The van der Waals surface area contributed by atoms with Crippen molar-refractivity contribution in [2.45, 2.75) is 52.5 Å². The first-order chi connectivity index (χ1) is 8.49. The van der Waals surface area contributed by atoms with E-state index in [1.165, 1.54) is 24.8 Å². The Bertz CT molecular complexity index is 368. The van der Waals surface area contributed by atoms with Crippen molar-refractivity contribution < 1.29 is 0 Å². The highest BCUT2D eigenvalue weighted by Gasteiger charge is 2.37. The van der Waals surface area contributed by atoms with Gasteiger partial charge in [0.25, 0.3) is 0 Å². The summed E-state index contributed by atoms with van der Waals surface area (Å²) in [5.74, 6) is 1.47. The molecule has 1 nitrogen and oxygen atoms in total. The summed E-state index contributed by atoms with van der Waals surface area (Å²) >= 11 is 0. The highest BCUT2D eigenvalue weighted by atomic mass is 14.7. The van der Waals surface area contributed by atoms with Crippen molar-refractivity contribution in [3.63, 3.8) is 0 Å². The molecule has 0 bridgehead atoms. The summed E-state index contributed by atoms with van der Waals surface area (Å²) in [4.78, 5) is 0. The van der Waals surface area contributed by atoms with Gasteiger partial charge < -0.3 is 5.73 Å². The molecule has 3 atom stereocenters. The monoisotopic (exact) mass is 245 g/mol. The van der Waals surface area contributed by atoms with Crippen LogP contribution in [0.15, 0.2) is 30.3 Å². The van der Waals surface area contributed by atoms with Crippen LogP contribution in [-0.2, 0) is 6.42 Å². The van der Waals surface area contributed by atoms with Crippen molar-refractivity contribution in [2.24, 2.45) is 23.0 Å². The van der Waals surface area contributed by atoms with Gasteiger partial charge in [-0.25, -0.2) is 0 Å². The highest BCUT2D eigenvalue weighted by Crippen LogP contribution is 2.41. The van der Waals surface area contributed by atoms with Gasteiger partial charge >= 0.3 is 0 Å². The summed E-state index contributed by atoms with van der Waals surface area (Å²) in [6, 6.07) is 11.2. The molecule has 1 aromatic carbocycles. The molecule has 1 heteroatoms. The largest absolute Gasteiger partial charge is 0.327 e. The van der Waals surface area contributed by atoms with Crippen LogP contribution in [0.3, 0.4) is 0 Å². The molecule has 3 unspecified atom stereocenters. The van der Waals surface area contributed by atoms with E-state index in [4.69, 9.17) is 5.73 Å². The van der Waals surface area contributed by atoms with Crippen molar-refractivity contribution >= 4 is 0 Å². The number of benzene rings is 1. The molecule has 0 saturated heterocycles. The molecular formula is C17H27N. The summed E-state index contributed by atoms with van der Waals surface area (Å²) in [6.07, 6.45) is 4.97. The van der Waals surface area contributed by atoms with Gasteiger partial charge in [0.1, 0.15) is 0 Å². The first-order valence-electron chi connectivity index (χ1n) is 7.28. The Balaban J connectivity index is 2.06. The summed E-state index contributed by atoms with van der Waals surface area (Å²) < 4.78 is 0. The van der Waals surface area contributed by atoms with E-state index in [-0.39, 0.29) is 0 Å². The van der Waals surface area contributed by atoms with Crippen LogP contribution < -0.4 is 5.73 Å². The number of hydrogen-bond acceptors (Lipinski definition) is 1. The van der Waals surface area contributed by atoms with Crippen LogP contribution in [0.1, 0.15) is 45.6 Å². The van der Waals surface area contributed by atoms with Gasteiger partial charge in [-0.1, -0.05) is 57.5 Å². The van der Waals surface area contributed by atoms with Gasteiger partial charge in [-0.15, -0.1) is 0 Å². The van der Waals surface area contributed by atoms with Gasteiger partial charge in [-0.2, -0.15) is 0 Å². The van der Waals surface area contributed by atoms with Crippen LogP contribution >= 0.6 is 0 Å². The third-order valence-electron chi connectivity index (χ3n) is 4.67. The van der Waals surface area contributed by atoms with Gasteiger partial charge in [-0.05, 0) is 42.1 Å². The molecular weight excluding hydrogens is 218 g/mol. The van der Waals surface area contributed by atoms with Crippen molar-refractivity contribution in [3.8, 4) is 0 Å². The van der Waals surface area contributed by atoms with E-state index in [0.717, 1.165) is 12.3 Å². The quantitative estimate of drug-likeness (QED) is 0.855. The lowest BCUT2D eigenvalue weighted by atomic mass is 9.64. The Hall–Kier alpha value is -0.820. The number of rotatable bonds is 3. The van der Waals surface area contributed by atoms with E-state index in [2.05, 4.69) is 51.1 Å². The second-order valence-electron chi connectivity index (χ2n) is 6.84. The predicted molar refractivity (Wildman–Crippen MR) is 78.4 cm³/mol. The maximum Gasteiger partial charge on any atom is 0.00749 e. The standard InChI is InChI=1S/C17H27N/c1-13-9-10-15(16(18)11-13)17(2,3)12-14-7-5-4-6-8-14/h4-8,13,15-16H,9-12,18H2,1-3H3. The van der Waals surface area contributed by atoms with Gasteiger partial charge in [0.15, 0.2) is 0 Å². The Morgan fingerprint density at radius 3 is 2.44 bits per heavy atom. The molecule has 1 fully saturated rings. The molecule has 0 aromatic heterocycles. The fourth-order valence-corrected chi connectivity index (χ4v) is 3.65. The topological polar surface area (TPSA) is 26.0 Å². The van der Waals surface area contributed by atoms with Crippen molar-refractivity contribution in [1.82, 2.24) is 0 Å². The van der Waals surface area contributed by atoms with Crippen LogP contribution in [0.25, 0.3) is 0 Å². The van der Waals surface area contributed by atoms with Crippen LogP contribution in [-0.4, -0.2) is 6.04 Å². The van der Waals surface area contributed by atoms with Gasteiger partial charge in [-0.3, -0.25) is 0 Å². The summed E-state index contributed by atoms with van der Waals surface area (Å²) in [5, 5.41) is 0. The highest BCUT2D eigenvalue weighted by molar-refractivity contribution is 5.16.